The largest absolute Gasteiger partial charge is 0.208 e. The lowest BCUT2D eigenvalue weighted by molar-refractivity contribution is 0.766. The second-order valence-corrected chi connectivity index (χ2v) is 12.7. The van der Waals surface area contributed by atoms with E-state index in [0.717, 1.165) is 71.5 Å². The molecule has 51 heavy (non-hydrogen) atoms. The molecular formula is C45H28N6. The van der Waals surface area contributed by atoms with Gasteiger partial charge in [0.1, 0.15) is 11.0 Å². The summed E-state index contributed by atoms with van der Waals surface area (Å²) in [5.41, 5.74) is 7.69. The van der Waals surface area contributed by atoms with Crippen LogP contribution in [0.2, 0.25) is 0 Å². The van der Waals surface area contributed by atoms with E-state index in [2.05, 4.69) is 103 Å². The Bertz CT molecular complexity index is 2920. The molecule has 0 aliphatic rings. The third-order valence-electron chi connectivity index (χ3n) is 9.47. The normalized spacial score (nSPS) is 11.5. The molecule has 10 rings (SSSR count). The van der Waals surface area contributed by atoms with Gasteiger partial charge in [-0.05, 0) is 74.5 Å². The first-order chi connectivity index (χ1) is 25.2. The van der Waals surface area contributed by atoms with Crippen molar-refractivity contribution in [3.8, 4) is 51.0 Å². The van der Waals surface area contributed by atoms with Gasteiger partial charge in [-0.25, -0.2) is 15.0 Å². The fourth-order valence-corrected chi connectivity index (χ4v) is 6.90. The van der Waals surface area contributed by atoms with Gasteiger partial charge in [-0.15, -0.1) is 10.2 Å². The molecule has 0 amide bonds. The molecule has 2 heterocycles. The predicted molar refractivity (Wildman–Crippen MR) is 207 cm³/mol. The Morgan fingerprint density at radius 3 is 1.75 bits per heavy atom. The summed E-state index contributed by atoms with van der Waals surface area (Å²) in [6, 6.07) is 58.4. The molecule has 6 nitrogen and oxygen atoms in total. The maximum atomic E-state index is 5.04. The van der Waals surface area contributed by atoms with Crippen molar-refractivity contribution in [1.29, 1.82) is 0 Å². The topological polar surface area (TPSA) is 69.4 Å². The minimum absolute atomic E-state index is 0.629. The fourth-order valence-electron chi connectivity index (χ4n) is 6.90. The highest BCUT2D eigenvalue weighted by molar-refractivity contribution is 6.18. The van der Waals surface area contributed by atoms with Crippen molar-refractivity contribution in [2.45, 2.75) is 0 Å². The summed E-state index contributed by atoms with van der Waals surface area (Å²) in [5, 5.41) is 16.6. The molecule has 0 aliphatic carbocycles. The number of nitrogens with zero attached hydrogens (tertiary/aromatic N) is 6. The van der Waals surface area contributed by atoms with Crippen LogP contribution in [0.5, 0.6) is 0 Å². The van der Waals surface area contributed by atoms with Crippen LogP contribution in [0, 0.1) is 0 Å². The fraction of sp³-hybridized carbons (Fsp3) is 0. The minimum atomic E-state index is 0.629. The summed E-state index contributed by atoms with van der Waals surface area (Å²) in [7, 11) is 0. The van der Waals surface area contributed by atoms with Crippen molar-refractivity contribution in [1.82, 2.24) is 29.9 Å². The van der Waals surface area contributed by atoms with Crippen LogP contribution in [0.15, 0.2) is 170 Å². The smallest absolute Gasteiger partial charge is 0.164 e. The van der Waals surface area contributed by atoms with Gasteiger partial charge in [-0.2, -0.15) is 4.80 Å². The second kappa shape index (κ2) is 11.8. The first-order valence-corrected chi connectivity index (χ1v) is 16.9. The summed E-state index contributed by atoms with van der Waals surface area (Å²) < 4.78 is 0. The summed E-state index contributed by atoms with van der Waals surface area (Å²) in [4.78, 5) is 16.7. The zero-order valence-corrected chi connectivity index (χ0v) is 27.3. The van der Waals surface area contributed by atoms with E-state index in [1.807, 2.05) is 66.7 Å². The van der Waals surface area contributed by atoms with Crippen molar-refractivity contribution in [2.24, 2.45) is 0 Å². The lowest BCUT2D eigenvalue weighted by Crippen LogP contribution is -2.00. The molecule has 0 saturated heterocycles. The lowest BCUT2D eigenvalue weighted by Gasteiger charge is -2.11. The first-order valence-electron chi connectivity index (χ1n) is 16.9. The summed E-state index contributed by atoms with van der Waals surface area (Å²) in [5.74, 6) is 1.91. The van der Waals surface area contributed by atoms with E-state index in [-0.39, 0.29) is 0 Å². The molecule has 10 aromatic rings. The van der Waals surface area contributed by atoms with Crippen LogP contribution in [0.1, 0.15) is 0 Å². The molecule has 8 aromatic carbocycles. The van der Waals surface area contributed by atoms with Crippen molar-refractivity contribution >= 4 is 43.4 Å². The van der Waals surface area contributed by atoms with E-state index >= 15 is 0 Å². The van der Waals surface area contributed by atoms with E-state index in [1.54, 1.807) is 4.80 Å². The lowest BCUT2D eigenvalue weighted by atomic mass is 9.96. The maximum absolute atomic E-state index is 5.04. The molecule has 0 fully saturated rings. The number of para-hydroxylation sites is 1. The molecule has 238 valence electrons. The number of benzene rings is 8. The molecule has 0 atom stereocenters. The van der Waals surface area contributed by atoms with Gasteiger partial charge in [0, 0.05) is 22.1 Å². The van der Waals surface area contributed by atoms with Gasteiger partial charge in [0.15, 0.2) is 17.5 Å². The molecule has 0 spiro atoms. The van der Waals surface area contributed by atoms with Crippen LogP contribution in [-0.2, 0) is 0 Å². The molecule has 0 N–H and O–H groups in total. The molecule has 0 bridgehead atoms. The molecule has 6 heteroatoms. The average Bonchev–Trinajstić information content (AvgIpc) is 3.66. The quantitative estimate of drug-likeness (QED) is 0.173. The van der Waals surface area contributed by atoms with E-state index in [1.165, 1.54) is 5.39 Å². The van der Waals surface area contributed by atoms with Gasteiger partial charge in [-0.3, -0.25) is 0 Å². The van der Waals surface area contributed by atoms with Gasteiger partial charge < -0.3 is 0 Å². The van der Waals surface area contributed by atoms with E-state index in [4.69, 9.17) is 25.1 Å². The Labute approximate surface area is 293 Å². The molecule has 0 radical (unpaired) electrons. The van der Waals surface area contributed by atoms with Crippen molar-refractivity contribution < 1.29 is 0 Å². The van der Waals surface area contributed by atoms with Crippen LogP contribution in [0.3, 0.4) is 0 Å². The van der Waals surface area contributed by atoms with Crippen LogP contribution in [0.4, 0.5) is 0 Å². The highest BCUT2D eigenvalue weighted by Gasteiger charge is 2.15. The van der Waals surface area contributed by atoms with Crippen molar-refractivity contribution in [3.05, 3.63) is 170 Å². The third-order valence-corrected chi connectivity index (χ3v) is 9.47. The van der Waals surface area contributed by atoms with Crippen molar-refractivity contribution in [3.63, 3.8) is 0 Å². The van der Waals surface area contributed by atoms with Crippen LogP contribution >= 0.6 is 0 Å². The number of rotatable bonds is 5. The van der Waals surface area contributed by atoms with E-state index < -0.39 is 0 Å². The van der Waals surface area contributed by atoms with E-state index in [9.17, 15) is 0 Å². The Hall–Kier alpha value is -7.05. The Morgan fingerprint density at radius 1 is 0.353 bits per heavy atom. The summed E-state index contributed by atoms with van der Waals surface area (Å²) in [6.45, 7) is 0. The third kappa shape index (κ3) is 5.18. The zero-order valence-electron chi connectivity index (χ0n) is 27.3. The molecule has 2 aromatic heterocycles. The monoisotopic (exact) mass is 652 g/mol. The SMILES string of the molecule is c1ccc(-c2nc(-c3cccc(-c4ccc5c(ccc6ccc7nn(-c8ccccc8)nc7c65)c4)c3)nc(-c3ccc4ccccc4c3)n2)cc1. The number of fused-ring (bicyclic) bond motifs is 6. The van der Waals surface area contributed by atoms with Crippen LogP contribution in [-0.4, -0.2) is 29.9 Å². The molecular weight excluding hydrogens is 625 g/mol. The minimum Gasteiger partial charge on any atom is -0.208 e. The predicted octanol–water partition coefficient (Wildman–Crippen LogP) is 10.7. The zero-order chi connectivity index (χ0) is 33.7. The standard InChI is InChI=1S/C45H28N6/c1-3-11-31(12-4-1)43-46-44(48-45(47-43)37-21-18-29-10-7-8-13-32(29)27-37)36-15-9-14-33(28-36)34-22-24-39-35(26-34)20-19-30-23-25-40-42(41(30)39)50-51(49-40)38-16-5-2-6-17-38/h1-28H. The number of hydrogen-bond acceptors (Lipinski definition) is 5. The van der Waals surface area contributed by atoms with Crippen LogP contribution in [0.25, 0.3) is 94.3 Å². The first kappa shape index (κ1) is 28.9. The maximum Gasteiger partial charge on any atom is 0.164 e. The highest BCUT2D eigenvalue weighted by Crippen LogP contribution is 2.35. The van der Waals surface area contributed by atoms with E-state index in [0.29, 0.717) is 17.5 Å². The van der Waals surface area contributed by atoms with Crippen molar-refractivity contribution in [2.75, 3.05) is 0 Å². The second-order valence-electron chi connectivity index (χ2n) is 12.7. The molecule has 0 saturated carbocycles. The Morgan fingerprint density at radius 2 is 0.922 bits per heavy atom. The van der Waals surface area contributed by atoms with Gasteiger partial charge in [0.05, 0.1) is 5.69 Å². The van der Waals surface area contributed by atoms with Gasteiger partial charge in [0.25, 0.3) is 0 Å². The Balaban J connectivity index is 1.08. The van der Waals surface area contributed by atoms with Gasteiger partial charge >= 0.3 is 0 Å². The summed E-state index contributed by atoms with van der Waals surface area (Å²) in [6.07, 6.45) is 0. The van der Waals surface area contributed by atoms with Gasteiger partial charge in [0.2, 0.25) is 0 Å². The average molecular weight is 653 g/mol. The van der Waals surface area contributed by atoms with Crippen LogP contribution < -0.4 is 0 Å². The highest BCUT2D eigenvalue weighted by atomic mass is 15.5. The number of hydrogen-bond donors (Lipinski definition) is 0. The Kier molecular flexibility index (Phi) is 6.70. The molecule has 0 aliphatic heterocycles. The summed E-state index contributed by atoms with van der Waals surface area (Å²) >= 11 is 0. The van der Waals surface area contributed by atoms with Gasteiger partial charge in [-0.1, -0.05) is 133 Å². The number of aromatic nitrogens is 6. The molecule has 0 unspecified atom stereocenters.